The first-order valence-electron chi connectivity index (χ1n) is 7.55. The van der Waals surface area contributed by atoms with Gasteiger partial charge >= 0.3 is 0 Å². The number of hydrogen-bond donors (Lipinski definition) is 1. The van der Waals surface area contributed by atoms with Gasteiger partial charge in [-0.3, -0.25) is 0 Å². The molecule has 0 aromatic heterocycles. The summed E-state index contributed by atoms with van der Waals surface area (Å²) in [4.78, 5) is 0. The zero-order valence-electron chi connectivity index (χ0n) is 11.4. The molecule has 2 aliphatic rings. The second-order valence-electron chi connectivity index (χ2n) is 6.47. The molecule has 0 bridgehead atoms. The van der Waals surface area contributed by atoms with Crippen molar-refractivity contribution in [3.63, 3.8) is 0 Å². The standard InChI is InChI=1S/C18H21N/c1-2-7-17-14(4-1)5-3-6-15(17)12-18(10-11-18)13-19-16-8-9-16/h1-7,16,19H,8-13H2. The number of nitrogens with one attached hydrogen (secondary N) is 1. The first-order valence-corrected chi connectivity index (χ1v) is 7.55. The summed E-state index contributed by atoms with van der Waals surface area (Å²) in [6.45, 7) is 1.22. The van der Waals surface area contributed by atoms with Crippen LogP contribution in [0.1, 0.15) is 31.2 Å². The first-order chi connectivity index (χ1) is 9.35. The summed E-state index contributed by atoms with van der Waals surface area (Å²) < 4.78 is 0. The molecule has 4 rings (SSSR count). The van der Waals surface area contributed by atoms with Crippen molar-refractivity contribution >= 4 is 10.8 Å². The third-order valence-electron chi connectivity index (χ3n) is 4.75. The third-order valence-corrected chi connectivity index (χ3v) is 4.75. The van der Waals surface area contributed by atoms with E-state index >= 15 is 0 Å². The summed E-state index contributed by atoms with van der Waals surface area (Å²) in [6, 6.07) is 16.4. The van der Waals surface area contributed by atoms with E-state index in [1.165, 1.54) is 55.0 Å². The van der Waals surface area contributed by atoms with Crippen LogP contribution in [0.3, 0.4) is 0 Å². The van der Waals surface area contributed by atoms with Crippen LogP contribution >= 0.6 is 0 Å². The predicted molar refractivity (Wildman–Crippen MR) is 80.3 cm³/mol. The minimum Gasteiger partial charge on any atom is -0.313 e. The van der Waals surface area contributed by atoms with Gasteiger partial charge in [-0.15, -0.1) is 0 Å². The monoisotopic (exact) mass is 251 g/mol. The first kappa shape index (κ1) is 11.5. The number of fused-ring (bicyclic) bond motifs is 1. The smallest absolute Gasteiger partial charge is 0.00684 e. The Kier molecular flexibility index (Phi) is 2.63. The van der Waals surface area contributed by atoms with Crippen molar-refractivity contribution in [3.8, 4) is 0 Å². The zero-order valence-corrected chi connectivity index (χ0v) is 11.4. The van der Waals surface area contributed by atoms with Crippen LogP contribution < -0.4 is 5.32 Å². The van der Waals surface area contributed by atoms with Crippen molar-refractivity contribution in [2.24, 2.45) is 5.41 Å². The Labute approximate surface area is 115 Å². The quantitative estimate of drug-likeness (QED) is 0.849. The lowest BCUT2D eigenvalue weighted by molar-refractivity contribution is 0.455. The maximum Gasteiger partial charge on any atom is 0.00684 e. The van der Waals surface area contributed by atoms with Crippen LogP contribution in [0.5, 0.6) is 0 Å². The van der Waals surface area contributed by atoms with Crippen LogP contribution in [-0.4, -0.2) is 12.6 Å². The molecule has 19 heavy (non-hydrogen) atoms. The van der Waals surface area contributed by atoms with Gasteiger partial charge in [-0.25, -0.2) is 0 Å². The van der Waals surface area contributed by atoms with E-state index in [0.29, 0.717) is 5.41 Å². The lowest BCUT2D eigenvalue weighted by atomic mass is 9.92. The summed E-state index contributed by atoms with van der Waals surface area (Å²) >= 11 is 0. The highest BCUT2D eigenvalue weighted by Crippen LogP contribution is 2.49. The molecule has 2 aromatic carbocycles. The fraction of sp³-hybridized carbons (Fsp3) is 0.444. The summed E-state index contributed by atoms with van der Waals surface area (Å²) in [5.41, 5.74) is 2.10. The average Bonchev–Trinajstić information content (AvgIpc) is 3.34. The summed E-state index contributed by atoms with van der Waals surface area (Å²) in [5, 5.41) is 6.56. The third kappa shape index (κ3) is 2.40. The van der Waals surface area contributed by atoms with E-state index in [0.717, 1.165) is 6.04 Å². The Hall–Kier alpha value is -1.34. The lowest BCUT2D eigenvalue weighted by Gasteiger charge is -2.17. The SMILES string of the molecule is c1ccc2c(CC3(CNC4CC4)CC3)cccc2c1. The number of benzene rings is 2. The molecule has 1 heteroatoms. The van der Waals surface area contributed by atoms with Gasteiger partial charge in [0.2, 0.25) is 0 Å². The minimum absolute atomic E-state index is 0.562. The zero-order chi connectivity index (χ0) is 12.7. The number of rotatable bonds is 5. The molecule has 0 aliphatic heterocycles. The van der Waals surface area contributed by atoms with Gasteiger partial charge in [-0.2, -0.15) is 0 Å². The summed E-state index contributed by atoms with van der Waals surface area (Å²) in [7, 11) is 0. The normalized spacial score (nSPS) is 20.6. The molecule has 1 nitrogen and oxygen atoms in total. The molecular weight excluding hydrogens is 230 g/mol. The van der Waals surface area contributed by atoms with Crippen LogP contribution in [0.2, 0.25) is 0 Å². The molecule has 98 valence electrons. The van der Waals surface area contributed by atoms with Gasteiger partial charge in [-0.05, 0) is 53.9 Å². The van der Waals surface area contributed by atoms with E-state index < -0.39 is 0 Å². The maximum atomic E-state index is 3.73. The van der Waals surface area contributed by atoms with Crippen LogP contribution in [0.15, 0.2) is 42.5 Å². The molecular formula is C18H21N. The maximum absolute atomic E-state index is 3.73. The molecule has 1 N–H and O–H groups in total. The lowest BCUT2D eigenvalue weighted by Crippen LogP contribution is -2.27. The van der Waals surface area contributed by atoms with Gasteiger partial charge in [0.25, 0.3) is 0 Å². The Bertz CT molecular complexity index is 588. The van der Waals surface area contributed by atoms with Gasteiger partial charge in [0.1, 0.15) is 0 Å². The second-order valence-corrected chi connectivity index (χ2v) is 6.47. The Morgan fingerprint density at radius 1 is 1.00 bits per heavy atom. The molecule has 0 heterocycles. The van der Waals surface area contributed by atoms with E-state index in [2.05, 4.69) is 47.8 Å². The van der Waals surface area contributed by atoms with Crippen molar-refractivity contribution in [1.29, 1.82) is 0 Å². The van der Waals surface area contributed by atoms with E-state index in [9.17, 15) is 0 Å². The fourth-order valence-corrected chi connectivity index (χ4v) is 3.09. The highest BCUT2D eigenvalue weighted by atomic mass is 15.0. The van der Waals surface area contributed by atoms with Gasteiger partial charge in [0.05, 0.1) is 0 Å². The average molecular weight is 251 g/mol. The fourth-order valence-electron chi connectivity index (χ4n) is 3.09. The van der Waals surface area contributed by atoms with Gasteiger partial charge in [0, 0.05) is 12.6 Å². The van der Waals surface area contributed by atoms with Crippen molar-refractivity contribution in [3.05, 3.63) is 48.0 Å². The topological polar surface area (TPSA) is 12.0 Å². The highest BCUT2D eigenvalue weighted by molar-refractivity contribution is 5.85. The van der Waals surface area contributed by atoms with Gasteiger partial charge in [0.15, 0.2) is 0 Å². The van der Waals surface area contributed by atoms with Crippen LogP contribution in [0.25, 0.3) is 10.8 Å². The second kappa shape index (κ2) is 4.35. The van der Waals surface area contributed by atoms with Crippen molar-refractivity contribution in [2.45, 2.75) is 38.1 Å². The largest absolute Gasteiger partial charge is 0.313 e. The van der Waals surface area contributed by atoms with Gasteiger partial charge in [-0.1, -0.05) is 42.5 Å². The Morgan fingerprint density at radius 2 is 1.79 bits per heavy atom. The van der Waals surface area contributed by atoms with E-state index in [-0.39, 0.29) is 0 Å². The van der Waals surface area contributed by atoms with Crippen LogP contribution in [0, 0.1) is 5.41 Å². The Morgan fingerprint density at radius 3 is 2.58 bits per heavy atom. The molecule has 2 aromatic rings. The molecule has 2 fully saturated rings. The van der Waals surface area contributed by atoms with E-state index in [4.69, 9.17) is 0 Å². The van der Waals surface area contributed by atoms with Crippen molar-refractivity contribution < 1.29 is 0 Å². The highest BCUT2D eigenvalue weighted by Gasteiger charge is 2.43. The molecule has 0 saturated heterocycles. The number of hydrogen-bond acceptors (Lipinski definition) is 1. The molecule has 2 aliphatic carbocycles. The molecule has 0 atom stereocenters. The molecule has 0 radical (unpaired) electrons. The molecule has 0 unspecified atom stereocenters. The minimum atomic E-state index is 0.562. The Balaban J connectivity index is 1.57. The van der Waals surface area contributed by atoms with Crippen molar-refractivity contribution in [1.82, 2.24) is 5.32 Å². The van der Waals surface area contributed by atoms with Crippen LogP contribution in [-0.2, 0) is 6.42 Å². The van der Waals surface area contributed by atoms with E-state index in [1.54, 1.807) is 0 Å². The summed E-state index contributed by atoms with van der Waals surface area (Å²) in [6.07, 6.45) is 6.83. The molecule has 0 spiro atoms. The molecule has 2 saturated carbocycles. The van der Waals surface area contributed by atoms with E-state index in [1.807, 2.05) is 0 Å². The van der Waals surface area contributed by atoms with Crippen molar-refractivity contribution in [2.75, 3.05) is 6.54 Å². The summed E-state index contributed by atoms with van der Waals surface area (Å²) in [5.74, 6) is 0. The predicted octanol–water partition coefficient (Wildman–Crippen LogP) is 3.91. The molecule has 0 amide bonds. The van der Waals surface area contributed by atoms with Crippen LogP contribution in [0.4, 0.5) is 0 Å². The van der Waals surface area contributed by atoms with Gasteiger partial charge < -0.3 is 5.32 Å².